The van der Waals surface area contributed by atoms with Gasteiger partial charge in [0.2, 0.25) is 0 Å². The molecule has 4 nitrogen and oxygen atoms in total. The number of ether oxygens (including phenoxy) is 1. The first-order valence-corrected chi connectivity index (χ1v) is 8.27. The summed E-state index contributed by atoms with van der Waals surface area (Å²) in [5.41, 5.74) is 4.06. The van der Waals surface area contributed by atoms with Crippen LogP contribution >= 0.6 is 0 Å². The van der Waals surface area contributed by atoms with Crippen LogP contribution in [0.1, 0.15) is 19.4 Å². The summed E-state index contributed by atoms with van der Waals surface area (Å²) in [6.45, 7) is 3.84. The normalized spacial score (nSPS) is 20.9. The minimum Gasteiger partial charge on any atom is -0.485 e. The number of nitrogens with zero attached hydrogens (tertiary/aromatic N) is 2. The van der Waals surface area contributed by atoms with Crippen LogP contribution in [0.25, 0.3) is 6.08 Å². The van der Waals surface area contributed by atoms with Crippen LogP contribution in [0.15, 0.2) is 76.9 Å². The Morgan fingerprint density at radius 3 is 2.60 bits per heavy atom. The number of fused-ring (bicyclic) bond motifs is 1. The van der Waals surface area contributed by atoms with Crippen molar-refractivity contribution in [2.75, 3.05) is 5.01 Å². The summed E-state index contributed by atoms with van der Waals surface area (Å²) in [5.74, 6) is 0.752. The summed E-state index contributed by atoms with van der Waals surface area (Å²) in [5, 5.41) is 5.87. The van der Waals surface area contributed by atoms with Gasteiger partial charge in [-0.2, -0.15) is 10.1 Å². The van der Waals surface area contributed by atoms with Crippen molar-refractivity contribution in [3.05, 3.63) is 77.4 Å². The van der Waals surface area contributed by atoms with Crippen molar-refractivity contribution in [3.63, 3.8) is 0 Å². The average molecular weight is 330 g/mol. The molecule has 4 heteroatoms. The number of anilines is 1. The molecule has 2 aromatic rings. The average Bonchev–Trinajstić information content (AvgIpc) is 2.91. The Morgan fingerprint density at radius 1 is 1.08 bits per heavy atom. The third-order valence-corrected chi connectivity index (χ3v) is 4.39. The standard InChI is InChI=1S/C21H18N2O2/c1-14-19(21(24)23(22-14)18-9-4-3-5-10-18)13-17-12-16-8-6-7-11-20(16)25-15(17)2/h3-13,15H,1-2H3/b19-13+. The second-order valence-electron chi connectivity index (χ2n) is 6.14. The van der Waals surface area contributed by atoms with Crippen LogP contribution in [-0.4, -0.2) is 17.7 Å². The van der Waals surface area contributed by atoms with E-state index >= 15 is 0 Å². The highest BCUT2D eigenvalue weighted by atomic mass is 16.5. The van der Waals surface area contributed by atoms with Gasteiger partial charge in [0.05, 0.1) is 17.0 Å². The van der Waals surface area contributed by atoms with Gasteiger partial charge in [-0.25, -0.2) is 0 Å². The monoisotopic (exact) mass is 330 g/mol. The van der Waals surface area contributed by atoms with E-state index in [0.29, 0.717) is 11.3 Å². The Labute approximate surface area is 146 Å². The predicted molar refractivity (Wildman–Crippen MR) is 99.6 cm³/mol. The number of amides is 1. The summed E-state index contributed by atoms with van der Waals surface area (Å²) in [7, 11) is 0. The number of para-hydroxylation sites is 2. The van der Waals surface area contributed by atoms with Crippen molar-refractivity contribution in [1.82, 2.24) is 0 Å². The largest absolute Gasteiger partial charge is 0.485 e. The van der Waals surface area contributed by atoms with Gasteiger partial charge in [-0.3, -0.25) is 4.79 Å². The topological polar surface area (TPSA) is 41.9 Å². The third kappa shape index (κ3) is 2.76. The zero-order chi connectivity index (χ0) is 17.4. The van der Waals surface area contributed by atoms with Crippen molar-refractivity contribution in [1.29, 1.82) is 0 Å². The molecule has 0 saturated heterocycles. The van der Waals surface area contributed by atoms with Gasteiger partial charge in [0.1, 0.15) is 11.9 Å². The van der Waals surface area contributed by atoms with Crippen LogP contribution in [0.5, 0.6) is 5.75 Å². The first-order valence-electron chi connectivity index (χ1n) is 8.27. The quantitative estimate of drug-likeness (QED) is 0.775. The minimum atomic E-state index is -0.117. The zero-order valence-corrected chi connectivity index (χ0v) is 14.1. The van der Waals surface area contributed by atoms with Crippen LogP contribution in [-0.2, 0) is 4.79 Å². The van der Waals surface area contributed by atoms with Crippen molar-refractivity contribution in [2.24, 2.45) is 5.10 Å². The van der Waals surface area contributed by atoms with Crippen LogP contribution in [0.3, 0.4) is 0 Å². The first-order chi connectivity index (χ1) is 12.1. The van der Waals surface area contributed by atoms with E-state index in [0.717, 1.165) is 22.6 Å². The first kappa shape index (κ1) is 15.4. The number of carbonyl (C=O) groups excluding carboxylic acids is 1. The molecule has 4 rings (SSSR count). The Kier molecular flexibility index (Phi) is 3.73. The molecule has 2 aliphatic rings. The van der Waals surface area contributed by atoms with Gasteiger partial charge in [0, 0.05) is 5.56 Å². The maximum Gasteiger partial charge on any atom is 0.280 e. The molecule has 0 saturated carbocycles. The van der Waals surface area contributed by atoms with E-state index in [4.69, 9.17) is 4.74 Å². The summed E-state index contributed by atoms with van der Waals surface area (Å²) in [6.07, 6.45) is 3.85. The number of hydrogen-bond acceptors (Lipinski definition) is 3. The molecule has 0 aliphatic carbocycles. The smallest absolute Gasteiger partial charge is 0.280 e. The van der Waals surface area contributed by atoms with E-state index in [-0.39, 0.29) is 12.0 Å². The second kappa shape index (κ2) is 6.06. The van der Waals surface area contributed by atoms with Crippen LogP contribution in [0, 0.1) is 0 Å². The fourth-order valence-corrected chi connectivity index (χ4v) is 3.02. The highest BCUT2D eigenvalue weighted by molar-refractivity contribution is 6.30. The predicted octanol–water partition coefficient (Wildman–Crippen LogP) is 4.20. The highest BCUT2D eigenvalue weighted by Gasteiger charge is 2.30. The molecular formula is C21H18N2O2. The van der Waals surface area contributed by atoms with Crippen molar-refractivity contribution in [3.8, 4) is 5.75 Å². The third-order valence-electron chi connectivity index (χ3n) is 4.39. The van der Waals surface area contributed by atoms with E-state index in [1.54, 1.807) is 0 Å². The summed E-state index contributed by atoms with van der Waals surface area (Å²) >= 11 is 0. The Balaban J connectivity index is 1.70. The molecule has 2 aromatic carbocycles. The van der Waals surface area contributed by atoms with Gasteiger partial charge in [0.25, 0.3) is 5.91 Å². The Hall–Kier alpha value is -3.14. The molecule has 0 spiro atoms. The second-order valence-corrected chi connectivity index (χ2v) is 6.14. The van der Waals surface area contributed by atoms with Crippen molar-refractivity contribution in [2.45, 2.75) is 20.0 Å². The molecule has 124 valence electrons. The van der Waals surface area contributed by atoms with Gasteiger partial charge in [-0.1, -0.05) is 36.4 Å². The van der Waals surface area contributed by atoms with E-state index in [1.807, 2.05) is 74.5 Å². The molecule has 1 unspecified atom stereocenters. The SMILES string of the molecule is CC1=NN(c2ccccc2)C(=O)/C1=C/C1=Cc2ccccc2OC1C. The number of hydrogen-bond donors (Lipinski definition) is 0. The molecule has 0 bridgehead atoms. The number of hydrazone groups is 1. The molecule has 1 amide bonds. The molecule has 2 aliphatic heterocycles. The van der Waals surface area contributed by atoms with E-state index in [9.17, 15) is 4.79 Å². The van der Waals surface area contributed by atoms with Crippen molar-refractivity contribution < 1.29 is 9.53 Å². The molecule has 25 heavy (non-hydrogen) atoms. The molecule has 0 radical (unpaired) electrons. The molecule has 0 N–H and O–H groups in total. The number of benzene rings is 2. The van der Waals surface area contributed by atoms with Gasteiger partial charge in [-0.15, -0.1) is 0 Å². The van der Waals surface area contributed by atoms with Gasteiger partial charge < -0.3 is 4.74 Å². The summed E-state index contributed by atoms with van der Waals surface area (Å²) in [6, 6.07) is 17.4. The Bertz CT molecular complexity index is 926. The highest BCUT2D eigenvalue weighted by Crippen LogP contribution is 2.31. The molecule has 0 aromatic heterocycles. The Morgan fingerprint density at radius 2 is 1.80 bits per heavy atom. The fourth-order valence-electron chi connectivity index (χ4n) is 3.02. The molecule has 1 atom stereocenters. The van der Waals surface area contributed by atoms with Crippen LogP contribution in [0.2, 0.25) is 0 Å². The molecule has 0 fully saturated rings. The lowest BCUT2D eigenvalue weighted by molar-refractivity contribution is -0.114. The van der Waals surface area contributed by atoms with Crippen LogP contribution < -0.4 is 9.75 Å². The molecular weight excluding hydrogens is 312 g/mol. The molecule has 2 heterocycles. The van der Waals surface area contributed by atoms with E-state index in [2.05, 4.69) is 11.2 Å². The minimum absolute atomic E-state index is 0.115. The maximum atomic E-state index is 12.8. The van der Waals surface area contributed by atoms with Gasteiger partial charge >= 0.3 is 0 Å². The lowest BCUT2D eigenvalue weighted by Gasteiger charge is -2.23. The van der Waals surface area contributed by atoms with Gasteiger partial charge in [-0.05, 0) is 49.8 Å². The lowest BCUT2D eigenvalue weighted by Crippen LogP contribution is -2.23. The number of carbonyl (C=O) groups is 1. The maximum absolute atomic E-state index is 12.8. The van der Waals surface area contributed by atoms with Gasteiger partial charge in [0.15, 0.2) is 0 Å². The van der Waals surface area contributed by atoms with Crippen LogP contribution in [0.4, 0.5) is 5.69 Å². The van der Waals surface area contributed by atoms with E-state index in [1.165, 1.54) is 5.01 Å². The van der Waals surface area contributed by atoms with Crippen molar-refractivity contribution >= 4 is 23.4 Å². The van der Waals surface area contributed by atoms with E-state index < -0.39 is 0 Å². The number of rotatable bonds is 2. The summed E-state index contributed by atoms with van der Waals surface area (Å²) < 4.78 is 5.96. The zero-order valence-electron chi connectivity index (χ0n) is 14.1. The lowest BCUT2D eigenvalue weighted by atomic mass is 9.99. The fraction of sp³-hybridized carbons (Fsp3) is 0.143. The summed E-state index contributed by atoms with van der Waals surface area (Å²) in [4.78, 5) is 12.8.